The Labute approximate surface area is 116 Å². The van der Waals surface area contributed by atoms with Crippen LogP contribution in [-0.4, -0.2) is 28.9 Å². The molecule has 6 heteroatoms. The number of carbonyl (C=O) groups excluding carboxylic acids is 2. The summed E-state index contributed by atoms with van der Waals surface area (Å²) in [5, 5.41) is 13.9. The van der Waals surface area contributed by atoms with E-state index in [1.165, 1.54) is 25.1 Å². The summed E-state index contributed by atoms with van der Waals surface area (Å²) in [6.45, 7) is 4.81. The van der Waals surface area contributed by atoms with Crippen molar-refractivity contribution in [3.8, 4) is 0 Å². The van der Waals surface area contributed by atoms with Crippen molar-refractivity contribution in [2.45, 2.75) is 19.4 Å². The number of nitrogens with one attached hydrogen (secondary N) is 2. The number of anilines is 1. The normalized spacial score (nSPS) is 11.2. The van der Waals surface area contributed by atoms with Gasteiger partial charge in [0.15, 0.2) is 0 Å². The molecule has 0 aromatic heterocycles. The first-order valence-electron chi connectivity index (χ1n) is 5.96. The van der Waals surface area contributed by atoms with Gasteiger partial charge in [-0.3, -0.25) is 9.59 Å². The summed E-state index contributed by atoms with van der Waals surface area (Å²) in [5.41, 5.74) is 0.743. The summed E-state index contributed by atoms with van der Waals surface area (Å²) >= 11 is 0. The molecule has 0 bridgehead atoms. The SMILES string of the molecule is C=CCC(NC(=O)c1cccc(NC(C)=O)c1)C(=O)O. The van der Waals surface area contributed by atoms with E-state index in [4.69, 9.17) is 5.11 Å². The molecule has 1 aromatic rings. The summed E-state index contributed by atoms with van der Waals surface area (Å²) in [7, 11) is 0. The highest BCUT2D eigenvalue weighted by Gasteiger charge is 2.19. The molecule has 3 N–H and O–H groups in total. The minimum atomic E-state index is -1.13. The number of amides is 2. The molecule has 1 aromatic carbocycles. The van der Waals surface area contributed by atoms with E-state index >= 15 is 0 Å². The van der Waals surface area contributed by atoms with E-state index < -0.39 is 17.9 Å². The molecule has 1 rings (SSSR count). The summed E-state index contributed by atoms with van der Waals surface area (Å²) in [6, 6.07) is 5.22. The number of carboxylic acids is 1. The number of hydrogen-bond acceptors (Lipinski definition) is 3. The van der Waals surface area contributed by atoms with Crippen molar-refractivity contribution in [2.24, 2.45) is 0 Å². The number of rotatable bonds is 6. The second-order valence-corrected chi connectivity index (χ2v) is 4.15. The Morgan fingerprint density at radius 3 is 2.65 bits per heavy atom. The molecule has 0 heterocycles. The summed E-state index contributed by atoms with van der Waals surface area (Å²) in [5.74, 6) is -1.90. The van der Waals surface area contributed by atoms with Crippen molar-refractivity contribution in [3.05, 3.63) is 42.5 Å². The van der Waals surface area contributed by atoms with E-state index in [0.717, 1.165) is 0 Å². The van der Waals surface area contributed by atoms with E-state index in [0.29, 0.717) is 5.69 Å². The zero-order chi connectivity index (χ0) is 15.1. The van der Waals surface area contributed by atoms with E-state index in [1.807, 2.05) is 0 Å². The number of hydrogen-bond donors (Lipinski definition) is 3. The molecule has 0 fully saturated rings. The van der Waals surface area contributed by atoms with E-state index in [9.17, 15) is 14.4 Å². The fourth-order valence-electron chi connectivity index (χ4n) is 1.57. The van der Waals surface area contributed by atoms with Crippen molar-refractivity contribution < 1.29 is 19.5 Å². The van der Waals surface area contributed by atoms with Gasteiger partial charge in [0.2, 0.25) is 5.91 Å². The number of carbonyl (C=O) groups is 3. The van der Waals surface area contributed by atoms with Gasteiger partial charge in [-0.1, -0.05) is 12.1 Å². The molecule has 1 unspecified atom stereocenters. The van der Waals surface area contributed by atoms with Crippen LogP contribution in [0.25, 0.3) is 0 Å². The van der Waals surface area contributed by atoms with Crippen molar-refractivity contribution in [2.75, 3.05) is 5.32 Å². The average Bonchev–Trinajstić information content (AvgIpc) is 2.37. The van der Waals surface area contributed by atoms with Crippen molar-refractivity contribution >= 4 is 23.5 Å². The van der Waals surface area contributed by atoms with Crippen LogP contribution < -0.4 is 10.6 Å². The van der Waals surface area contributed by atoms with Gasteiger partial charge in [0.1, 0.15) is 6.04 Å². The van der Waals surface area contributed by atoms with Crippen LogP contribution in [0, 0.1) is 0 Å². The second-order valence-electron chi connectivity index (χ2n) is 4.15. The maximum atomic E-state index is 12.0. The van der Waals surface area contributed by atoms with Crippen molar-refractivity contribution in [1.29, 1.82) is 0 Å². The van der Waals surface area contributed by atoms with Crippen LogP contribution in [0.3, 0.4) is 0 Å². The highest BCUT2D eigenvalue weighted by atomic mass is 16.4. The van der Waals surface area contributed by atoms with Gasteiger partial charge < -0.3 is 15.7 Å². The first kappa shape index (κ1) is 15.4. The maximum absolute atomic E-state index is 12.0. The zero-order valence-corrected chi connectivity index (χ0v) is 11.1. The monoisotopic (exact) mass is 276 g/mol. The Balaban J connectivity index is 2.83. The molecule has 0 radical (unpaired) electrons. The predicted octanol–water partition coefficient (Wildman–Crippen LogP) is 1.40. The van der Waals surface area contributed by atoms with Crippen LogP contribution in [0.15, 0.2) is 36.9 Å². The number of benzene rings is 1. The zero-order valence-electron chi connectivity index (χ0n) is 11.1. The maximum Gasteiger partial charge on any atom is 0.326 e. The fourth-order valence-corrected chi connectivity index (χ4v) is 1.57. The Morgan fingerprint density at radius 2 is 2.10 bits per heavy atom. The number of aliphatic carboxylic acids is 1. The fraction of sp³-hybridized carbons (Fsp3) is 0.214. The van der Waals surface area contributed by atoms with Gasteiger partial charge in [-0.25, -0.2) is 4.79 Å². The summed E-state index contributed by atoms with van der Waals surface area (Å²) in [4.78, 5) is 33.8. The molecule has 1 atom stereocenters. The molecule has 0 aliphatic heterocycles. The number of carboxylic acid groups (broad SMARTS) is 1. The van der Waals surface area contributed by atoms with Gasteiger partial charge in [0, 0.05) is 18.2 Å². The van der Waals surface area contributed by atoms with Crippen LogP contribution in [0.2, 0.25) is 0 Å². The summed E-state index contributed by atoms with van der Waals surface area (Å²) < 4.78 is 0. The van der Waals surface area contributed by atoms with Gasteiger partial charge in [-0.05, 0) is 24.6 Å². The van der Waals surface area contributed by atoms with Gasteiger partial charge in [0.05, 0.1) is 0 Å². The molecule has 106 valence electrons. The summed E-state index contributed by atoms with van der Waals surface area (Å²) in [6.07, 6.45) is 1.55. The second kappa shape index (κ2) is 7.08. The Morgan fingerprint density at radius 1 is 1.40 bits per heavy atom. The van der Waals surface area contributed by atoms with Crippen molar-refractivity contribution in [1.82, 2.24) is 5.32 Å². The average molecular weight is 276 g/mol. The molecule has 0 aliphatic rings. The largest absolute Gasteiger partial charge is 0.480 e. The minimum absolute atomic E-state index is 0.131. The first-order chi connectivity index (χ1) is 9.43. The highest BCUT2D eigenvalue weighted by molar-refractivity contribution is 5.98. The quantitative estimate of drug-likeness (QED) is 0.684. The van der Waals surface area contributed by atoms with E-state index in [1.54, 1.807) is 12.1 Å². The lowest BCUT2D eigenvalue weighted by Crippen LogP contribution is -2.40. The van der Waals surface area contributed by atoms with Crippen molar-refractivity contribution in [3.63, 3.8) is 0 Å². The predicted molar refractivity (Wildman–Crippen MR) is 74.4 cm³/mol. The van der Waals surface area contributed by atoms with Gasteiger partial charge in [0.25, 0.3) is 5.91 Å². The lowest BCUT2D eigenvalue weighted by molar-refractivity contribution is -0.139. The van der Waals surface area contributed by atoms with Crippen LogP contribution in [0.5, 0.6) is 0 Å². The molecule has 0 saturated carbocycles. The Hall–Kier alpha value is -2.63. The third-order valence-electron chi connectivity index (χ3n) is 2.45. The molecule has 0 saturated heterocycles. The molecule has 0 aliphatic carbocycles. The molecular formula is C14H16N2O4. The molecular weight excluding hydrogens is 260 g/mol. The van der Waals surface area contributed by atoms with Crippen LogP contribution in [0.1, 0.15) is 23.7 Å². The smallest absolute Gasteiger partial charge is 0.326 e. The molecule has 2 amide bonds. The molecule has 20 heavy (non-hydrogen) atoms. The third kappa shape index (κ3) is 4.56. The van der Waals surface area contributed by atoms with E-state index in [-0.39, 0.29) is 17.9 Å². The molecule has 0 spiro atoms. The van der Waals surface area contributed by atoms with Crippen LogP contribution in [0.4, 0.5) is 5.69 Å². The van der Waals surface area contributed by atoms with Crippen LogP contribution >= 0.6 is 0 Å². The van der Waals surface area contributed by atoms with Crippen LogP contribution in [-0.2, 0) is 9.59 Å². The molecule has 6 nitrogen and oxygen atoms in total. The highest BCUT2D eigenvalue weighted by Crippen LogP contribution is 2.11. The Bertz CT molecular complexity index is 540. The third-order valence-corrected chi connectivity index (χ3v) is 2.45. The van der Waals surface area contributed by atoms with E-state index in [2.05, 4.69) is 17.2 Å². The van der Waals surface area contributed by atoms with Gasteiger partial charge in [-0.15, -0.1) is 6.58 Å². The first-order valence-corrected chi connectivity index (χ1v) is 5.96. The lowest BCUT2D eigenvalue weighted by atomic mass is 10.1. The lowest BCUT2D eigenvalue weighted by Gasteiger charge is -2.13. The topological polar surface area (TPSA) is 95.5 Å². The van der Waals surface area contributed by atoms with Gasteiger partial charge >= 0.3 is 5.97 Å². The Kier molecular flexibility index (Phi) is 5.46. The minimum Gasteiger partial charge on any atom is -0.480 e. The standard InChI is InChI=1S/C14H16N2O4/c1-3-5-12(14(19)20)16-13(18)10-6-4-7-11(8-10)15-9(2)17/h3-4,6-8,12H,1,5H2,2H3,(H,15,17)(H,16,18)(H,19,20). The van der Waals surface area contributed by atoms with Gasteiger partial charge in [-0.2, -0.15) is 0 Å².